The fourth-order valence-corrected chi connectivity index (χ4v) is 3.29. The Kier molecular flexibility index (Phi) is 7.87. The fraction of sp³-hybridized carbons (Fsp3) is 0.389. The van der Waals surface area contributed by atoms with Crippen LogP contribution < -0.4 is 5.32 Å². The topological polar surface area (TPSA) is 203 Å². The number of ether oxygens (including phenoxy) is 1. The normalized spacial score (nSPS) is 23.1. The number of phosphoric ester groups is 1. The summed E-state index contributed by atoms with van der Waals surface area (Å²) in [7, 11) is -4.64. The van der Waals surface area contributed by atoms with E-state index >= 15 is 0 Å². The fourth-order valence-electron chi connectivity index (χ4n) is 2.94. The molecule has 0 amide bonds. The van der Waals surface area contributed by atoms with Crippen LogP contribution in [0.3, 0.4) is 0 Å². The molecule has 14 heteroatoms. The van der Waals surface area contributed by atoms with Crippen molar-refractivity contribution in [3.05, 3.63) is 48.0 Å². The predicted molar refractivity (Wildman–Crippen MR) is 111 cm³/mol. The quantitative estimate of drug-likeness (QED) is 0.235. The minimum absolute atomic E-state index is 0.612. The molecule has 4 atom stereocenters. The van der Waals surface area contributed by atoms with E-state index in [0.717, 1.165) is 17.9 Å². The lowest BCUT2D eigenvalue weighted by molar-refractivity contribution is -0.132. The van der Waals surface area contributed by atoms with Crippen molar-refractivity contribution in [2.24, 2.45) is 0 Å². The predicted octanol–water partition coefficient (Wildman–Crippen LogP) is -0.192. The van der Waals surface area contributed by atoms with Crippen molar-refractivity contribution in [3.8, 4) is 0 Å². The molecule has 1 fully saturated rings. The zero-order valence-corrected chi connectivity index (χ0v) is 17.8. The van der Waals surface area contributed by atoms with E-state index in [9.17, 15) is 4.57 Å². The van der Waals surface area contributed by atoms with Gasteiger partial charge in [-0.15, -0.1) is 0 Å². The summed E-state index contributed by atoms with van der Waals surface area (Å²) in [5.74, 6) is 0.777. The smallest absolute Gasteiger partial charge is 0.387 e. The summed E-state index contributed by atoms with van der Waals surface area (Å²) < 4.78 is 18.9. The maximum atomic E-state index is 10.3. The molecule has 7 N–H and O–H groups in total. The number of aliphatic hydroxyl groups excluding tert-OH is 3. The first kappa shape index (κ1) is 24.2. The molecular weight excluding hydrogens is 445 g/mol. The maximum absolute atomic E-state index is 10.3. The van der Waals surface area contributed by atoms with Crippen LogP contribution in [0, 0.1) is 6.92 Å². The van der Waals surface area contributed by atoms with Crippen LogP contribution in [0.2, 0.25) is 0 Å². The Morgan fingerprint density at radius 3 is 2.62 bits per heavy atom. The zero-order valence-electron chi connectivity index (χ0n) is 16.9. The summed E-state index contributed by atoms with van der Waals surface area (Å²) in [5.41, 5.74) is 3.99. The lowest BCUT2D eigenvalue weighted by Crippen LogP contribution is -2.34. The van der Waals surface area contributed by atoms with Crippen molar-refractivity contribution in [3.63, 3.8) is 0 Å². The first-order valence-corrected chi connectivity index (χ1v) is 11.0. The van der Waals surface area contributed by atoms with Gasteiger partial charge < -0.3 is 40.1 Å². The van der Waals surface area contributed by atoms with E-state index in [1.54, 1.807) is 6.33 Å². The number of aryl methyl sites for hydroxylation is 1. The number of nitrogens with one attached hydrogen (secondary N) is 2. The molecule has 1 saturated heterocycles. The standard InChI is InChI=1S/C13H13N5.C5H11O8P/c1-9-3-2-4-10(5-9)6-14-12-11-13(16-7-15-11)18-8-17-12;6-3-2(1-12-14(9,10)11)13-5(8)4(3)7/h2-5,7-8H,6H2,1H3,(H2,14,15,16,17,18);2-8H,1H2,(H2,9,10,11)/t;2-,3-,4-,5?/m.1/s1. The first-order chi connectivity index (χ1) is 15.1. The maximum Gasteiger partial charge on any atom is 0.469 e. The molecule has 0 spiro atoms. The highest BCUT2D eigenvalue weighted by atomic mass is 31.2. The molecule has 32 heavy (non-hydrogen) atoms. The van der Waals surface area contributed by atoms with Crippen LogP contribution in [0.25, 0.3) is 11.2 Å². The van der Waals surface area contributed by atoms with Gasteiger partial charge in [0.2, 0.25) is 0 Å². The summed E-state index contributed by atoms with van der Waals surface area (Å²) in [5, 5.41) is 30.3. The summed E-state index contributed by atoms with van der Waals surface area (Å²) >= 11 is 0. The molecule has 1 aromatic carbocycles. The van der Waals surface area contributed by atoms with Gasteiger partial charge in [-0.3, -0.25) is 4.52 Å². The second-order valence-corrected chi connectivity index (χ2v) is 8.24. The number of fused-ring (bicyclic) bond motifs is 1. The Bertz CT molecular complexity index is 1080. The van der Waals surface area contributed by atoms with E-state index < -0.39 is 39.0 Å². The summed E-state index contributed by atoms with van der Waals surface area (Å²) in [6.07, 6.45) is -2.53. The Morgan fingerprint density at radius 1 is 1.19 bits per heavy atom. The van der Waals surface area contributed by atoms with Crippen LogP contribution in [-0.2, 0) is 20.4 Å². The lowest BCUT2D eigenvalue weighted by Gasteiger charge is -2.14. The largest absolute Gasteiger partial charge is 0.469 e. The van der Waals surface area contributed by atoms with E-state index in [0.29, 0.717) is 5.65 Å². The van der Waals surface area contributed by atoms with Crippen LogP contribution in [0.4, 0.5) is 5.82 Å². The molecule has 2 aromatic heterocycles. The van der Waals surface area contributed by atoms with Crippen LogP contribution in [0.15, 0.2) is 36.9 Å². The van der Waals surface area contributed by atoms with Gasteiger partial charge in [0.15, 0.2) is 17.8 Å². The lowest BCUT2D eigenvalue weighted by atomic mass is 10.1. The average Bonchev–Trinajstić information content (AvgIpc) is 3.32. The summed E-state index contributed by atoms with van der Waals surface area (Å²) in [6, 6.07) is 8.38. The minimum Gasteiger partial charge on any atom is -0.387 e. The third kappa shape index (κ3) is 6.51. The van der Waals surface area contributed by atoms with Crippen LogP contribution in [-0.4, -0.2) is 76.3 Å². The van der Waals surface area contributed by atoms with Gasteiger partial charge in [0, 0.05) is 6.54 Å². The van der Waals surface area contributed by atoms with Gasteiger partial charge in [-0.05, 0) is 12.5 Å². The second-order valence-electron chi connectivity index (χ2n) is 7.00. The zero-order chi connectivity index (χ0) is 23.3. The van der Waals surface area contributed by atoms with E-state index in [-0.39, 0.29) is 0 Å². The van der Waals surface area contributed by atoms with Gasteiger partial charge >= 0.3 is 7.82 Å². The molecular formula is C18H24N5O8P. The van der Waals surface area contributed by atoms with Crippen LogP contribution >= 0.6 is 7.82 Å². The highest BCUT2D eigenvalue weighted by Crippen LogP contribution is 2.37. The van der Waals surface area contributed by atoms with Gasteiger partial charge in [-0.2, -0.15) is 0 Å². The van der Waals surface area contributed by atoms with Crippen molar-refractivity contribution in [1.29, 1.82) is 0 Å². The van der Waals surface area contributed by atoms with Crippen LogP contribution in [0.1, 0.15) is 11.1 Å². The molecule has 1 unspecified atom stereocenters. The molecule has 174 valence electrons. The molecule has 0 radical (unpaired) electrons. The number of H-pyrrole nitrogens is 1. The van der Waals surface area contributed by atoms with Crippen molar-refractivity contribution in [2.75, 3.05) is 11.9 Å². The van der Waals surface area contributed by atoms with Crippen molar-refractivity contribution in [1.82, 2.24) is 19.9 Å². The number of rotatable bonds is 6. The molecule has 4 rings (SSSR count). The summed E-state index contributed by atoms with van der Waals surface area (Å²) in [4.78, 5) is 32.1. The molecule has 3 aromatic rings. The second kappa shape index (κ2) is 10.4. The summed E-state index contributed by atoms with van der Waals surface area (Å²) in [6.45, 7) is 2.20. The Morgan fingerprint density at radius 2 is 1.97 bits per heavy atom. The monoisotopic (exact) mass is 469 g/mol. The van der Waals surface area contributed by atoms with Gasteiger partial charge in [0.25, 0.3) is 0 Å². The molecule has 1 aliphatic rings. The average molecular weight is 469 g/mol. The van der Waals surface area contributed by atoms with E-state index in [1.165, 1.54) is 17.5 Å². The SMILES string of the molecule is Cc1cccc(CNc2ncnc3nc[nH]c23)c1.O=P(O)(O)OC[C@H]1OC(O)[C@H](O)[C@@H]1O. The van der Waals surface area contributed by atoms with Gasteiger partial charge in [-0.25, -0.2) is 19.5 Å². The number of aromatic amines is 1. The van der Waals surface area contributed by atoms with E-state index in [1.807, 2.05) is 0 Å². The molecule has 0 bridgehead atoms. The number of hydrogen-bond donors (Lipinski definition) is 7. The van der Waals surface area contributed by atoms with E-state index in [4.69, 9.17) is 25.1 Å². The van der Waals surface area contributed by atoms with Gasteiger partial charge in [0.05, 0.1) is 12.9 Å². The van der Waals surface area contributed by atoms with Crippen molar-refractivity contribution >= 4 is 24.8 Å². The number of nitrogens with zero attached hydrogens (tertiary/aromatic N) is 3. The van der Waals surface area contributed by atoms with Crippen LogP contribution in [0.5, 0.6) is 0 Å². The number of phosphoric acid groups is 1. The molecule has 0 aliphatic carbocycles. The third-order valence-electron chi connectivity index (χ3n) is 4.51. The highest BCUT2D eigenvalue weighted by Gasteiger charge is 2.42. The molecule has 13 nitrogen and oxygen atoms in total. The van der Waals surface area contributed by atoms with Crippen molar-refractivity contribution < 1.29 is 38.9 Å². The number of anilines is 1. The van der Waals surface area contributed by atoms with E-state index in [2.05, 4.69) is 65.7 Å². The first-order valence-electron chi connectivity index (χ1n) is 9.47. The Hall–Kier alpha value is -2.48. The molecule has 1 aliphatic heterocycles. The Labute approximate surface area is 182 Å². The minimum atomic E-state index is -4.64. The molecule has 3 heterocycles. The van der Waals surface area contributed by atoms with Crippen molar-refractivity contribution in [2.45, 2.75) is 38.1 Å². The van der Waals surface area contributed by atoms with Gasteiger partial charge in [0.1, 0.15) is 30.2 Å². The van der Waals surface area contributed by atoms with Gasteiger partial charge in [-0.1, -0.05) is 29.8 Å². The Balaban J connectivity index is 0.000000188. The molecule has 0 saturated carbocycles. The highest BCUT2D eigenvalue weighted by molar-refractivity contribution is 7.46. The number of aromatic nitrogens is 4. The third-order valence-corrected chi connectivity index (χ3v) is 5.00. The number of hydrogen-bond acceptors (Lipinski definition) is 10. The number of aliphatic hydroxyl groups is 3. The number of imidazole rings is 1. The number of benzene rings is 1.